The number of nitrogens with two attached hydrogens (primary N) is 1. The van der Waals surface area contributed by atoms with Crippen molar-refractivity contribution in [2.75, 3.05) is 39.9 Å². The van der Waals surface area contributed by atoms with Gasteiger partial charge in [-0.05, 0) is 56.6 Å². The molecule has 1 aromatic carbocycles. The molecule has 1 fully saturated rings. The van der Waals surface area contributed by atoms with Crippen LogP contribution in [0, 0.1) is 0 Å². The van der Waals surface area contributed by atoms with E-state index in [0.29, 0.717) is 29.7 Å². The van der Waals surface area contributed by atoms with Crippen LogP contribution in [0.4, 0.5) is 0 Å². The molecule has 0 amide bonds. The second kappa shape index (κ2) is 7.72. The van der Waals surface area contributed by atoms with Gasteiger partial charge in [-0.25, -0.2) is 0 Å². The van der Waals surface area contributed by atoms with Gasteiger partial charge in [0.05, 0.1) is 12.1 Å². The summed E-state index contributed by atoms with van der Waals surface area (Å²) in [6, 6.07) is 3.85. The monoisotopic (exact) mass is 298 g/mol. The highest BCUT2D eigenvalue weighted by Gasteiger charge is 2.14. The molecule has 5 heteroatoms. The number of halogens is 1. The maximum atomic E-state index is 6.29. The first kappa shape index (κ1) is 15.4. The fourth-order valence-electron chi connectivity index (χ4n) is 2.51. The predicted molar refractivity (Wildman–Crippen MR) is 81.9 cm³/mol. The van der Waals surface area contributed by atoms with Crippen molar-refractivity contribution >= 4 is 11.6 Å². The molecule has 0 bridgehead atoms. The normalized spacial score (nSPS) is 15.6. The van der Waals surface area contributed by atoms with Crippen LogP contribution < -0.4 is 15.2 Å². The Morgan fingerprint density at radius 3 is 2.70 bits per heavy atom. The molecule has 0 saturated carbocycles. The summed E-state index contributed by atoms with van der Waals surface area (Å²) in [5, 5.41) is 0.592. The van der Waals surface area contributed by atoms with Crippen LogP contribution in [0.25, 0.3) is 0 Å². The van der Waals surface area contributed by atoms with Crippen LogP contribution in [-0.4, -0.2) is 44.8 Å². The topological polar surface area (TPSA) is 47.7 Å². The first-order valence-electron chi connectivity index (χ1n) is 7.16. The summed E-state index contributed by atoms with van der Waals surface area (Å²) in [7, 11) is 1.63. The highest BCUT2D eigenvalue weighted by Crippen LogP contribution is 2.36. The second-order valence-electron chi connectivity index (χ2n) is 5.04. The van der Waals surface area contributed by atoms with E-state index in [4.69, 9.17) is 26.8 Å². The van der Waals surface area contributed by atoms with Gasteiger partial charge in [-0.2, -0.15) is 0 Å². The van der Waals surface area contributed by atoms with Crippen LogP contribution in [0.15, 0.2) is 12.1 Å². The highest BCUT2D eigenvalue weighted by atomic mass is 35.5. The number of hydrogen-bond donors (Lipinski definition) is 1. The van der Waals surface area contributed by atoms with Gasteiger partial charge in [0.2, 0.25) is 0 Å². The van der Waals surface area contributed by atoms with Crippen LogP contribution in [0.5, 0.6) is 11.5 Å². The van der Waals surface area contributed by atoms with Crippen molar-refractivity contribution in [2.24, 2.45) is 5.73 Å². The molecule has 4 nitrogen and oxygen atoms in total. The number of benzene rings is 1. The molecule has 20 heavy (non-hydrogen) atoms. The Morgan fingerprint density at radius 2 is 2.05 bits per heavy atom. The van der Waals surface area contributed by atoms with E-state index in [0.717, 1.165) is 18.5 Å². The maximum absolute atomic E-state index is 6.29. The third kappa shape index (κ3) is 4.01. The lowest BCUT2D eigenvalue weighted by Crippen LogP contribution is -2.25. The molecular formula is C15H23ClN2O2. The lowest BCUT2D eigenvalue weighted by atomic mass is 10.1. The molecule has 1 heterocycles. The second-order valence-corrected chi connectivity index (χ2v) is 5.45. The fourth-order valence-corrected chi connectivity index (χ4v) is 2.80. The van der Waals surface area contributed by atoms with Gasteiger partial charge in [0.1, 0.15) is 6.61 Å². The summed E-state index contributed by atoms with van der Waals surface area (Å²) in [6.45, 7) is 4.50. The van der Waals surface area contributed by atoms with Gasteiger partial charge in [-0.3, -0.25) is 4.90 Å². The van der Waals surface area contributed by atoms with E-state index in [2.05, 4.69) is 4.90 Å². The van der Waals surface area contributed by atoms with Crippen molar-refractivity contribution in [3.63, 3.8) is 0 Å². The van der Waals surface area contributed by atoms with Crippen molar-refractivity contribution in [1.29, 1.82) is 0 Å². The van der Waals surface area contributed by atoms with E-state index < -0.39 is 0 Å². The van der Waals surface area contributed by atoms with E-state index in [1.165, 1.54) is 25.9 Å². The van der Waals surface area contributed by atoms with E-state index in [-0.39, 0.29) is 0 Å². The van der Waals surface area contributed by atoms with Crippen molar-refractivity contribution < 1.29 is 9.47 Å². The minimum absolute atomic E-state index is 0.592. The summed E-state index contributed by atoms with van der Waals surface area (Å²) in [4.78, 5) is 2.41. The van der Waals surface area contributed by atoms with Gasteiger partial charge in [0.25, 0.3) is 0 Å². The molecule has 0 spiro atoms. The van der Waals surface area contributed by atoms with Crippen molar-refractivity contribution in [2.45, 2.75) is 19.3 Å². The lowest BCUT2D eigenvalue weighted by Gasteiger charge is -2.17. The van der Waals surface area contributed by atoms with Gasteiger partial charge in [0.15, 0.2) is 11.5 Å². The molecule has 1 aliphatic rings. The smallest absolute Gasteiger partial charge is 0.179 e. The van der Waals surface area contributed by atoms with Gasteiger partial charge >= 0.3 is 0 Å². The molecule has 2 N–H and O–H groups in total. The summed E-state index contributed by atoms with van der Waals surface area (Å²) < 4.78 is 11.2. The number of methoxy groups -OCH3 is 1. The minimum Gasteiger partial charge on any atom is -0.493 e. The maximum Gasteiger partial charge on any atom is 0.179 e. The van der Waals surface area contributed by atoms with Crippen LogP contribution in [-0.2, 0) is 6.42 Å². The van der Waals surface area contributed by atoms with E-state index in [1.807, 2.05) is 12.1 Å². The Kier molecular flexibility index (Phi) is 5.95. The zero-order valence-corrected chi connectivity index (χ0v) is 12.8. The Morgan fingerprint density at radius 1 is 1.30 bits per heavy atom. The first-order valence-corrected chi connectivity index (χ1v) is 7.54. The predicted octanol–water partition coefficient (Wildman–Crippen LogP) is 2.32. The first-order chi connectivity index (χ1) is 9.74. The van der Waals surface area contributed by atoms with Gasteiger partial charge in [0, 0.05) is 6.54 Å². The van der Waals surface area contributed by atoms with E-state index >= 15 is 0 Å². The van der Waals surface area contributed by atoms with Gasteiger partial charge < -0.3 is 15.2 Å². The van der Waals surface area contributed by atoms with Crippen molar-refractivity contribution in [3.05, 3.63) is 22.7 Å². The SMILES string of the molecule is COc1cc(CCN)cc(Cl)c1OCCN1CCCC1. The minimum atomic E-state index is 0.592. The quantitative estimate of drug-likeness (QED) is 0.839. The standard InChI is InChI=1S/C15H23ClN2O2/c1-19-14-11-12(4-5-17)10-13(16)15(14)20-9-8-18-6-2-3-7-18/h10-11H,2-9,17H2,1H3. The average Bonchev–Trinajstić information content (AvgIpc) is 2.94. The number of nitrogens with zero attached hydrogens (tertiary/aromatic N) is 1. The van der Waals surface area contributed by atoms with Crippen LogP contribution >= 0.6 is 11.6 Å². The number of likely N-dealkylation sites (tertiary alicyclic amines) is 1. The molecular weight excluding hydrogens is 276 g/mol. The summed E-state index contributed by atoms with van der Waals surface area (Å²) in [5.41, 5.74) is 6.64. The number of rotatable bonds is 7. The zero-order chi connectivity index (χ0) is 14.4. The molecule has 0 aliphatic carbocycles. The Labute approximate surface area is 125 Å². The zero-order valence-electron chi connectivity index (χ0n) is 12.0. The molecule has 0 atom stereocenters. The largest absolute Gasteiger partial charge is 0.493 e. The molecule has 0 radical (unpaired) electrons. The molecule has 1 saturated heterocycles. The number of ether oxygens (including phenoxy) is 2. The lowest BCUT2D eigenvalue weighted by molar-refractivity contribution is 0.230. The van der Waals surface area contributed by atoms with Crippen LogP contribution in [0.1, 0.15) is 18.4 Å². The third-order valence-corrected chi connectivity index (χ3v) is 3.86. The van der Waals surface area contributed by atoms with E-state index in [9.17, 15) is 0 Å². The fraction of sp³-hybridized carbons (Fsp3) is 0.600. The van der Waals surface area contributed by atoms with Crippen molar-refractivity contribution in [1.82, 2.24) is 4.90 Å². The van der Waals surface area contributed by atoms with E-state index in [1.54, 1.807) is 7.11 Å². The van der Waals surface area contributed by atoms with Crippen molar-refractivity contribution in [3.8, 4) is 11.5 Å². The molecule has 1 aromatic rings. The average molecular weight is 299 g/mol. The number of hydrogen-bond acceptors (Lipinski definition) is 4. The summed E-state index contributed by atoms with van der Waals surface area (Å²) >= 11 is 6.29. The third-order valence-electron chi connectivity index (χ3n) is 3.57. The van der Waals surface area contributed by atoms with Crippen LogP contribution in [0.3, 0.4) is 0 Å². The Bertz CT molecular complexity index is 434. The summed E-state index contributed by atoms with van der Waals surface area (Å²) in [5.74, 6) is 1.32. The summed E-state index contributed by atoms with van der Waals surface area (Å²) in [6.07, 6.45) is 3.36. The molecule has 112 valence electrons. The Balaban J connectivity index is 1.98. The van der Waals surface area contributed by atoms with Gasteiger partial charge in [-0.15, -0.1) is 0 Å². The van der Waals surface area contributed by atoms with Crippen LogP contribution in [0.2, 0.25) is 5.02 Å². The molecule has 2 rings (SSSR count). The molecule has 1 aliphatic heterocycles. The Hall–Kier alpha value is -0.970. The molecule has 0 aromatic heterocycles. The van der Waals surface area contributed by atoms with Gasteiger partial charge in [-0.1, -0.05) is 11.6 Å². The highest BCUT2D eigenvalue weighted by molar-refractivity contribution is 6.32. The molecule has 0 unspecified atom stereocenters.